The van der Waals surface area contributed by atoms with E-state index < -0.39 is 0 Å². The van der Waals surface area contributed by atoms with Crippen LogP contribution in [0.1, 0.15) is 32.3 Å². The standard InChI is InChI=1S/C16H18ClNO/c1-16(2)10-13(9-15(11-16)18-19)4-3-12-5-7-14(17)8-6-12/h3-9,19H,10-11H2,1-2H3. The van der Waals surface area contributed by atoms with Gasteiger partial charge in [-0.3, -0.25) is 0 Å². The lowest BCUT2D eigenvalue weighted by molar-refractivity contribution is 0.308. The predicted octanol–water partition coefficient (Wildman–Crippen LogP) is 4.93. The van der Waals surface area contributed by atoms with Crippen molar-refractivity contribution in [2.24, 2.45) is 10.6 Å². The van der Waals surface area contributed by atoms with Crippen LogP contribution in [0.2, 0.25) is 5.02 Å². The highest BCUT2D eigenvalue weighted by atomic mass is 35.5. The smallest absolute Gasteiger partial charge is 0.0803 e. The monoisotopic (exact) mass is 275 g/mol. The van der Waals surface area contributed by atoms with Crippen molar-refractivity contribution < 1.29 is 5.21 Å². The minimum absolute atomic E-state index is 0.135. The number of benzene rings is 1. The van der Waals surface area contributed by atoms with E-state index in [0.29, 0.717) is 0 Å². The molecule has 1 aliphatic rings. The number of hydrogen-bond acceptors (Lipinski definition) is 2. The molecule has 1 aliphatic carbocycles. The van der Waals surface area contributed by atoms with Gasteiger partial charge in [-0.15, -0.1) is 0 Å². The molecule has 0 bridgehead atoms. The summed E-state index contributed by atoms with van der Waals surface area (Å²) >= 11 is 5.86. The Morgan fingerprint density at radius 1 is 1.16 bits per heavy atom. The molecule has 0 spiro atoms. The zero-order chi connectivity index (χ0) is 13.9. The molecule has 0 amide bonds. The lowest BCUT2D eigenvalue weighted by Gasteiger charge is -2.28. The minimum Gasteiger partial charge on any atom is -0.411 e. The Kier molecular flexibility index (Phi) is 4.11. The van der Waals surface area contributed by atoms with Crippen molar-refractivity contribution in [2.45, 2.75) is 26.7 Å². The molecular formula is C16H18ClNO. The van der Waals surface area contributed by atoms with E-state index in [0.717, 1.165) is 29.1 Å². The van der Waals surface area contributed by atoms with E-state index >= 15 is 0 Å². The molecule has 19 heavy (non-hydrogen) atoms. The van der Waals surface area contributed by atoms with E-state index in [1.807, 2.05) is 30.3 Å². The van der Waals surface area contributed by atoms with E-state index in [4.69, 9.17) is 16.8 Å². The minimum atomic E-state index is 0.135. The van der Waals surface area contributed by atoms with E-state index in [1.54, 1.807) is 0 Å². The van der Waals surface area contributed by atoms with Crippen LogP contribution >= 0.6 is 11.6 Å². The molecule has 0 heterocycles. The van der Waals surface area contributed by atoms with Crippen molar-refractivity contribution in [3.8, 4) is 0 Å². The highest BCUT2D eigenvalue weighted by Crippen LogP contribution is 2.34. The number of nitrogens with zero attached hydrogens (tertiary/aromatic N) is 1. The molecule has 2 nitrogen and oxygen atoms in total. The van der Waals surface area contributed by atoms with Gasteiger partial charge in [-0.1, -0.05) is 54.9 Å². The van der Waals surface area contributed by atoms with Crippen molar-refractivity contribution >= 4 is 23.4 Å². The van der Waals surface area contributed by atoms with Crippen molar-refractivity contribution in [2.75, 3.05) is 0 Å². The number of oxime groups is 1. The van der Waals surface area contributed by atoms with Crippen molar-refractivity contribution in [1.82, 2.24) is 0 Å². The Morgan fingerprint density at radius 3 is 2.47 bits per heavy atom. The van der Waals surface area contributed by atoms with Crippen LogP contribution in [-0.4, -0.2) is 10.9 Å². The Bertz CT molecular complexity index is 538. The van der Waals surface area contributed by atoms with Gasteiger partial charge in [-0.05, 0) is 47.6 Å². The summed E-state index contributed by atoms with van der Waals surface area (Å²) in [6.45, 7) is 4.36. The van der Waals surface area contributed by atoms with Crippen LogP contribution in [0.5, 0.6) is 0 Å². The summed E-state index contributed by atoms with van der Waals surface area (Å²) in [7, 11) is 0. The quantitative estimate of drug-likeness (QED) is 0.602. The molecule has 0 radical (unpaired) electrons. The fraction of sp³-hybridized carbons (Fsp3) is 0.312. The summed E-state index contributed by atoms with van der Waals surface area (Å²) in [6, 6.07) is 7.71. The topological polar surface area (TPSA) is 32.6 Å². The van der Waals surface area contributed by atoms with E-state index in [2.05, 4.69) is 31.2 Å². The van der Waals surface area contributed by atoms with Crippen molar-refractivity contribution in [3.05, 3.63) is 52.6 Å². The van der Waals surface area contributed by atoms with Gasteiger partial charge in [0.1, 0.15) is 0 Å². The van der Waals surface area contributed by atoms with E-state index in [-0.39, 0.29) is 5.41 Å². The first-order valence-electron chi connectivity index (χ1n) is 6.34. The molecule has 3 heteroatoms. The molecule has 1 aromatic rings. The van der Waals surface area contributed by atoms with E-state index in [1.165, 1.54) is 5.57 Å². The maximum atomic E-state index is 8.96. The molecule has 0 saturated carbocycles. The molecule has 2 rings (SSSR count). The van der Waals surface area contributed by atoms with Gasteiger partial charge in [0.25, 0.3) is 0 Å². The molecule has 0 aromatic heterocycles. The summed E-state index contributed by atoms with van der Waals surface area (Å²) in [6.07, 6.45) is 7.88. The van der Waals surface area contributed by atoms with Crippen molar-refractivity contribution in [1.29, 1.82) is 0 Å². The first-order valence-corrected chi connectivity index (χ1v) is 6.71. The average molecular weight is 276 g/mol. The lowest BCUT2D eigenvalue weighted by atomic mass is 9.76. The normalized spacial score (nSPS) is 20.8. The third kappa shape index (κ3) is 3.97. The zero-order valence-electron chi connectivity index (χ0n) is 11.2. The number of allylic oxidation sites excluding steroid dienone is 3. The SMILES string of the molecule is CC1(C)CC(C=Cc2ccc(Cl)cc2)=CC(=NO)C1. The fourth-order valence-corrected chi connectivity index (χ4v) is 2.50. The number of halogens is 1. The second-order valence-electron chi connectivity index (χ2n) is 5.71. The molecule has 0 aliphatic heterocycles. The summed E-state index contributed by atoms with van der Waals surface area (Å²) < 4.78 is 0. The molecule has 1 N–H and O–H groups in total. The zero-order valence-corrected chi connectivity index (χ0v) is 12.0. The lowest BCUT2D eigenvalue weighted by Crippen LogP contribution is -2.21. The third-order valence-corrected chi connectivity index (χ3v) is 3.43. The Labute approximate surface area is 119 Å². The van der Waals surface area contributed by atoms with Crippen LogP contribution in [0.4, 0.5) is 0 Å². The van der Waals surface area contributed by atoms with Gasteiger partial charge >= 0.3 is 0 Å². The van der Waals surface area contributed by atoms with Gasteiger partial charge in [0, 0.05) is 5.02 Å². The highest BCUT2D eigenvalue weighted by molar-refractivity contribution is 6.30. The molecule has 0 saturated heterocycles. The van der Waals surface area contributed by atoms with Gasteiger partial charge in [0.05, 0.1) is 5.71 Å². The maximum Gasteiger partial charge on any atom is 0.0803 e. The van der Waals surface area contributed by atoms with E-state index in [9.17, 15) is 0 Å². The Morgan fingerprint density at radius 2 is 1.84 bits per heavy atom. The second-order valence-corrected chi connectivity index (χ2v) is 6.15. The first kappa shape index (κ1) is 13.9. The van der Waals surface area contributed by atoms with Gasteiger partial charge < -0.3 is 5.21 Å². The highest BCUT2D eigenvalue weighted by Gasteiger charge is 2.25. The van der Waals surface area contributed by atoms with Crippen LogP contribution in [0.15, 0.2) is 47.1 Å². The van der Waals surface area contributed by atoms with Crippen LogP contribution in [0.3, 0.4) is 0 Å². The van der Waals surface area contributed by atoms with Crippen LogP contribution < -0.4 is 0 Å². The number of hydrogen-bond donors (Lipinski definition) is 1. The molecule has 0 atom stereocenters. The van der Waals surface area contributed by atoms with Gasteiger partial charge in [-0.25, -0.2) is 0 Å². The van der Waals surface area contributed by atoms with Crippen LogP contribution in [0, 0.1) is 5.41 Å². The molecular weight excluding hydrogens is 258 g/mol. The average Bonchev–Trinajstić information content (AvgIpc) is 2.36. The molecule has 1 aromatic carbocycles. The van der Waals surface area contributed by atoms with Crippen molar-refractivity contribution in [3.63, 3.8) is 0 Å². The summed E-state index contributed by atoms with van der Waals surface area (Å²) in [5.41, 5.74) is 3.16. The molecule has 0 fully saturated rings. The van der Waals surface area contributed by atoms with Crippen LogP contribution in [0.25, 0.3) is 6.08 Å². The summed E-state index contributed by atoms with van der Waals surface area (Å²) in [4.78, 5) is 0. The number of rotatable bonds is 2. The van der Waals surface area contributed by atoms with Gasteiger partial charge in [-0.2, -0.15) is 0 Å². The van der Waals surface area contributed by atoms with Gasteiger partial charge in [0.2, 0.25) is 0 Å². The maximum absolute atomic E-state index is 8.96. The fourth-order valence-electron chi connectivity index (χ4n) is 2.37. The largest absolute Gasteiger partial charge is 0.411 e. The molecule has 0 unspecified atom stereocenters. The summed E-state index contributed by atoms with van der Waals surface area (Å²) in [5, 5.41) is 13.1. The van der Waals surface area contributed by atoms with Gasteiger partial charge in [0.15, 0.2) is 0 Å². The summed E-state index contributed by atoms with van der Waals surface area (Å²) in [5.74, 6) is 0. The Balaban J connectivity index is 2.18. The van der Waals surface area contributed by atoms with Crippen LogP contribution in [-0.2, 0) is 0 Å². The Hall–Kier alpha value is -1.54. The third-order valence-electron chi connectivity index (χ3n) is 3.18. The first-order chi connectivity index (χ1) is 8.98. The predicted molar refractivity (Wildman–Crippen MR) is 80.8 cm³/mol. The second kappa shape index (κ2) is 5.62. The molecule has 100 valence electrons.